The number of carbonyl (C=O) groups is 2. The van der Waals surface area contributed by atoms with E-state index in [2.05, 4.69) is 15.9 Å². The molecule has 0 bridgehead atoms. The zero-order valence-corrected chi connectivity index (χ0v) is 18.0. The molecule has 1 heterocycles. The van der Waals surface area contributed by atoms with Crippen LogP contribution in [0.1, 0.15) is 17.2 Å². The molecule has 3 aromatic carbocycles. The van der Waals surface area contributed by atoms with E-state index < -0.39 is 17.7 Å². The summed E-state index contributed by atoms with van der Waals surface area (Å²) in [5, 5.41) is 20.8. The van der Waals surface area contributed by atoms with Gasteiger partial charge in [-0.1, -0.05) is 52.3 Å². The Hall–Kier alpha value is -3.58. The molecule has 0 spiro atoms. The molecule has 1 aliphatic heterocycles. The first-order valence-corrected chi connectivity index (χ1v) is 10.2. The summed E-state index contributed by atoms with van der Waals surface area (Å²) in [7, 11) is 1.48. The molecule has 0 saturated carbocycles. The number of nitrogens with zero attached hydrogens (tertiary/aromatic N) is 1. The second-order valence-corrected chi connectivity index (χ2v) is 7.86. The van der Waals surface area contributed by atoms with E-state index in [0.717, 1.165) is 4.47 Å². The third-order valence-electron chi connectivity index (χ3n) is 5.12. The third-order valence-corrected chi connectivity index (χ3v) is 5.64. The van der Waals surface area contributed by atoms with Gasteiger partial charge in [0, 0.05) is 10.0 Å². The van der Waals surface area contributed by atoms with Gasteiger partial charge < -0.3 is 14.9 Å². The normalized spacial score (nSPS) is 17.7. The van der Waals surface area contributed by atoms with Crippen LogP contribution in [0.2, 0.25) is 0 Å². The van der Waals surface area contributed by atoms with Gasteiger partial charge in [0.15, 0.2) is 0 Å². The topological polar surface area (TPSA) is 87.1 Å². The third kappa shape index (κ3) is 3.68. The first-order valence-electron chi connectivity index (χ1n) is 9.41. The molecule has 31 heavy (non-hydrogen) atoms. The van der Waals surface area contributed by atoms with E-state index in [1.54, 1.807) is 60.7 Å². The van der Waals surface area contributed by atoms with Crippen molar-refractivity contribution in [2.75, 3.05) is 12.0 Å². The molecular weight excluding hydrogens is 462 g/mol. The van der Waals surface area contributed by atoms with E-state index in [4.69, 9.17) is 4.74 Å². The lowest BCUT2D eigenvalue weighted by atomic mass is 9.95. The van der Waals surface area contributed by atoms with Crippen molar-refractivity contribution >= 4 is 39.1 Å². The lowest BCUT2D eigenvalue weighted by Gasteiger charge is -2.26. The van der Waals surface area contributed by atoms with Crippen LogP contribution in [-0.2, 0) is 9.59 Å². The van der Waals surface area contributed by atoms with Gasteiger partial charge >= 0.3 is 0 Å². The van der Waals surface area contributed by atoms with Crippen molar-refractivity contribution in [1.29, 1.82) is 0 Å². The average Bonchev–Trinajstić information content (AvgIpc) is 3.04. The number of amides is 1. The largest absolute Gasteiger partial charge is 0.508 e. The van der Waals surface area contributed by atoms with Crippen LogP contribution >= 0.6 is 15.9 Å². The molecular formula is C24H18BrNO5. The van der Waals surface area contributed by atoms with E-state index in [1.165, 1.54) is 24.1 Å². The molecule has 0 aliphatic carbocycles. The van der Waals surface area contributed by atoms with E-state index in [9.17, 15) is 19.8 Å². The van der Waals surface area contributed by atoms with Gasteiger partial charge in [-0.3, -0.25) is 14.5 Å². The Kier molecular flexibility index (Phi) is 5.52. The van der Waals surface area contributed by atoms with Crippen LogP contribution in [0.4, 0.5) is 5.69 Å². The molecule has 1 aliphatic rings. The number of hydrogen-bond acceptors (Lipinski definition) is 5. The molecule has 2 N–H and O–H groups in total. The number of ketones is 1. The molecule has 3 aromatic rings. The number of halogens is 1. The highest BCUT2D eigenvalue weighted by molar-refractivity contribution is 9.10. The van der Waals surface area contributed by atoms with Crippen molar-refractivity contribution < 1.29 is 24.5 Å². The van der Waals surface area contributed by atoms with Crippen LogP contribution in [0, 0.1) is 0 Å². The second-order valence-electron chi connectivity index (χ2n) is 6.94. The van der Waals surface area contributed by atoms with Gasteiger partial charge in [-0.05, 0) is 42.0 Å². The Bertz CT molecular complexity index is 1190. The molecule has 0 radical (unpaired) electrons. The molecule has 1 saturated heterocycles. The number of aromatic hydroxyl groups is 1. The van der Waals surface area contributed by atoms with Crippen molar-refractivity contribution in [2.24, 2.45) is 0 Å². The molecule has 4 rings (SSSR count). The van der Waals surface area contributed by atoms with Crippen molar-refractivity contribution in [2.45, 2.75) is 6.04 Å². The monoisotopic (exact) mass is 479 g/mol. The van der Waals surface area contributed by atoms with Gasteiger partial charge in [-0.2, -0.15) is 0 Å². The minimum absolute atomic E-state index is 0.0380. The quantitative estimate of drug-likeness (QED) is 0.319. The maximum absolute atomic E-state index is 13.1. The molecule has 156 valence electrons. The van der Waals surface area contributed by atoms with Crippen LogP contribution in [0.5, 0.6) is 11.5 Å². The number of para-hydroxylation sites is 2. The van der Waals surface area contributed by atoms with Crippen LogP contribution in [-0.4, -0.2) is 29.0 Å². The van der Waals surface area contributed by atoms with Gasteiger partial charge in [-0.25, -0.2) is 0 Å². The Morgan fingerprint density at radius 3 is 2.26 bits per heavy atom. The minimum atomic E-state index is -0.902. The highest BCUT2D eigenvalue weighted by Crippen LogP contribution is 2.45. The summed E-state index contributed by atoms with van der Waals surface area (Å²) in [6.07, 6.45) is 0. The fraction of sp³-hybridized carbons (Fsp3) is 0.0833. The molecule has 1 fully saturated rings. The van der Waals surface area contributed by atoms with Crippen LogP contribution in [0.15, 0.2) is 82.8 Å². The predicted molar refractivity (Wildman–Crippen MR) is 120 cm³/mol. The van der Waals surface area contributed by atoms with Crippen LogP contribution in [0.3, 0.4) is 0 Å². The molecule has 1 amide bonds. The number of ether oxygens (including phenoxy) is 1. The van der Waals surface area contributed by atoms with Gasteiger partial charge in [0.2, 0.25) is 0 Å². The summed E-state index contributed by atoms with van der Waals surface area (Å²) in [6, 6.07) is 18.9. The van der Waals surface area contributed by atoms with E-state index in [-0.39, 0.29) is 17.1 Å². The fourth-order valence-corrected chi connectivity index (χ4v) is 3.91. The Balaban J connectivity index is 1.96. The number of aliphatic hydroxyl groups excluding tert-OH is 1. The summed E-state index contributed by atoms with van der Waals surface area (Å²) in [5.41, 5.74) is 1.33. The van der Waals surface area contributed by atoms with E-state index >= 15 is 0 Å². The first-order chi connectivity index (χ1) is 14.9. The van der Waals surface area contributed by atoms with Gasteiger partial charge in [0.1, 0.15) is 17.3 Å². The summed E-state index contributed by atoms with van der Waals surface area (Å²) in [4.78, 5) is 27.6. The van der Waals surface area contributed by atoms with Gasteiger partial charge in [0.05, 0.1) is 24.4 Å². The van der Waals surface area contributed by atoms with E-state index in [1.807, 2.05) is 0 Å². The smallest absolute Gasteiger partial charge is 0.300 e. The highest BCUT2D eigenvalue weighted by atomic mass is 79.9. The number of rotatable bonds is 4. The zero-order valence-electron chi connectivity index (χ0n) is 16.4. The first kappa shape index (κ1) is 20.7. The van der Waals surface area contributed by atoms with Crippen LogP contribution in [0.25, 0.3) is 5.76 Å². The summed E-state index contributed by atoms with van der Waals surface area (Å²) in [5.74, 6) is -1.39. The molecule has 6 nitrogen and oxygen atoms in total. The number of phenolic OH excluding ortho intramolecular Hbond substituents is 1. The zero-order chi connectivity index (χ0) is 22.1. The molecule has 1 unspecified atom stereocenters. The number of phenols is 1. The highest BCUT2D eigenvalue weighted by Gasteiger charge is 2.47. The SMILES string of the molecule is COc1ccccc1N1C(=O)C(=O)/C(=C(/O)c2ccc(Br)cc2)C1c1ccc(O)cc1. The number of Topliss-reactive ketones (excluding diaryl/α,β-unsaturated/α-hetero) is 1. The second kappa shape index (κ2) is 8.28. The van der Waals surface area contributed by atoms with Crippen molar-refractivity contribution in [3.8, 4) is 11.5 Å². The minimum Gasteiger partial charge on any atom is -0.508 e. The number of anilines is 1. The number of hydrogen-bond donors (Lipinski definition) is 2. The number of carbonyl (C=O) groups excluding carboxylic acids is 2. The molecule has 0 aromatic heterocycles. The standard InChI is InChI=1S/C24H18BrNO5/c1-31-19-5-3-2-4-18(19)26-21(14-8-12-17(27)13-9-14)20(23(29)24(26)30)22(28)15-6-10-16(25)11-7-15/h2-13,21,27-28H,1H3/b22-20+. The predicted octanol–water partition coefficient (Wildman–Crippen LogP) is 4.79. The lowest BCUT2D eigenvalue weighted by Crippen LogP contribution is -2.29. The van der Waals surface area contributed by atoms with Crippen LogP contribution < -0.4 is 9.64 Å². The fourth-order valence-electron chi connectivity index (χ4n) is 3.65. The van der Waals surface area contributed by atoms with Crippen molar-refractivity contribution in [3.63, 3.8) is 0 Å². The van der Waals surface area contributed by atoms with Crippen molar-refractivity contribution in [1.82, 2.24) is 0 Å². The van der Waals surface area contributed by atoms with E-state index in [0.29, 0.717) is 22.6 Å². The number of methoxy groups -OCH3 is 1. The Morgan fingerprint density at radius 1 is 0.968 bits per heavy atom. The van der Waals surface area contributed by atoms with Gasteiger partial charge in [-0.15, -0.1) is 0 Å². The lowest BCUT2D eigenvalue weighted by molar-refractivity contribution is -0.132. The van der Waals surface area contributed by atoms with Gasteiger partial charge in [0.25, 0.3) is 11.7 Å². The Morgan fingerprint density at radius 2 is 1.61 bits per heavy atom. The summed E-state index contributed by atoms with van der Waals surface area (Å²) >= 11 is 3.35. The summed E-state index contributed by atoms with van der Waals surface area (Å²) < 4.78 is 6.22. The number of benzene rings is 3. The maximum atomic E-state index is 13.1. The average molecular weight is 480 g/mol. The molecule has 7 heteroatoms. The maximum Gasteiger partial charge on any atom is 0.300 e. The summed E-state index contributed by atoms with van der Waals surface area (Å²) in [6.45, 7) is 0. The van der Waals surface area contributed by atoms with Crippen molar-refractivity contribution in [3.05, 3.63) is 94.0 Å². The number of aliphatic hydroxyl groups is 1. The Labute approximate surface area is 187 Å². The molecule has 1 atom stereocenters.